The Hall–Kier alpha value is 0.0300. The molecule has 0 aromatic rings. The monoisotopic (exact) mass is 163 g/mol. The Morgan fingerprint density at radius 1 is 1.80 bits per heavy atom. The van der Waals surface area contributed by atoms with Gasteiger partial charge in [-0.05, 0) is 20.0 Å². The molecule has 60 valence electrons. The summed E-state index contributed by atoms with van der Waals surface area (Å²) in [7, 11) is 1.98. The number of nitrogens with one attached hydrogen (secondary N) is 1. The highest BCUT2D eigenvalue weighted by Crippen LogP contribution is 2.05. The van der Waals surface area contributed by atoms with Crippen LogP contribution in [0.25, 0.3) is 0 Å². The van der Waals surface area contributed by atoms with Gasteiger partial charge < -0.3 is 9.45 Å². The van der Waals surface area contributed by atoms with E-state index >= 15 is 0 Å². The first-order valence-electron chi connectivity index (χ1n) is 3.22. The third kappa shape index (κ3) is 2.34. The van der Waals surface area contributed by atoms with Crippen molar-refractivity contribution in [2.24, 2.45) is 0 Å². The zero-order valence-electron chi connectivity index (χ0n) is 5.87. The highest BCUT2D eigenvalue weighted by Gasteiger charge is 2.18. The van der Waals surface area contributed by atoms with Gasteiger partial charge in [0, 0.05) is 23.9 Å². The smallest absolute Gasteiger partial charge is 0.0323 e. The van der Waals surface area contributed by atoms with Crippen LogP contribution in [-0.4, -0.2) is 39.8 Å². The molecule has 4 nitrogen and oxygen atoms in total. The van der Waals surface area contributed by atoms with E-state index in [0.717, 1.165) is 19.5 Å². The lowest BCUT2D eigenvalue weighted by atomic mass is 10.3. The molecule has 0 spiro atoms. The van der Waals surface area contributed by atoms with E-state index in [2.05, 4.69) is 9.62 Å². The van der Waals surface area contributed by atoms with Crippen LogP contribution < -0.4 is 4.72 Å². The maximum Gasteiger partial charge on any atom is 0.0323 e. The topological polar surface area (TPSA) is 55.4 Å². The van der Waals surface area contributed by atoms with Crippen molar-refractivity contribution >= 4 is 11.3 Å². The molecular weight excluding hydrogens is 152 g/mol. The summed E-state index contributed by atoms with van der Waals surface area (Å²) in [6.07, 6.45) is 0.921. The Morgan fingerprint density at radius 2 is 2.50 bits per heavy atom. The van der Waals surface area contributed by atoms with Crippen LogP contribution in [0.3, 0.4) is 0 Å². The molecule has 5 heteroatoms. The van der Waals surface area contributed by atoms with E-state index in [4.69, 9.17) is 0 Å². The lowest BCUT2D eigenvalue weighted by Gasteiger charge is -2.13. The average Bonchev–Trinajstić information content (AvgIpc) is 2.13. The van der Waals surface area contributed by atoms with Crippen molar-refractivity contribution in [1.82, 2.24) is 9.62 Å². The van der Waals surface area contributed by atoms with E-state index in [-0.39, 0.29) is 6.04 Å². The van der Waals surface area contributed by atoms with Crippen LogP contribution in [0.1, 0.15) is 6.42 Å². The van der Waals surface area contributed by atoms with Gasteiger partial charge in [0.05, 0.1) is 0 Å². The van der Waals surface area contributed by atoms with Crippen molar-refractivity contribution < 1.29 is 8.76 Å². The van der Waals surface area contributed by atoms with Gasteiger partial charge in [-0.1, -0.05) is 0 Å². The highest BCUT2D eigenvalue weighted by atomic mass is 32.2. The Balaban J connectivity index is 2.24. The molecule has 1 aliphatic rings. The van der Waals surface area contributed by atoms with Crippen LogP contribution in [-0.2, 0) is 11.3 Å². The molecule has 0 bridgehead atoms. The number of likely N-dealkylation sites (N-methyl/N-ethyl adjacent to an activating group) is 1. The van der Waals surface area contributed by atoms with Gasteiger partial charge in [0.25, 0.3) is 0 Å². The summed E-state index contributed by atoms with van der Waals surface area (Å²) in [5, 5.41) is 0. The van der Waals surface area contributed by atoms with Gasteiger partial charge >= 0.3 is 0 Å². The summed E-state index contributed by atoms with van der Waals surface area (Å²) in [6, 6.07) is 0.128. The van der Waals surface area contributed by atoms with E-state index in [9.17, 15) is 8.76 Å². The van der Waals surface area contributed by atoms with Crippen molar-refractivity contribution in [1.29, 1.82) is 0 Å². The molecule has 1 heterocycles. The predicted octanol–water partition coefficient (Wildman–Crippen LogP) is -0.926. The number of hydrogen-bond acceptors (Lipinski definition) is 3. The van der Waals surface area contributed by atoms with E-state index < -0.39 is 11.3 Å². The standard InChI is InChI=1S/C5H12N2O2S/c1-7-3-2-5(4-7)6-10(8)9/h5-6H,2-4H2,1H3,(H,8,9)/p-1. The van der Waals surface area contributed by atoms with Crippen molar-refractivity contribution in [3.05, 3.63) is 0 Å². The summed E-state index contributed by atoms with van der Waals surface area (Å²) in [5.74, 6) is 0. The van der Waals surface area contributed by atoms with Gasteiger partial charge in [0.2, 0.25) is 0 Å². The summed E-state index contributed by atoms with van der Waals surface area (Å²) in [4.78, 5) is 2.10. The van der Waals surface area contributed by atoms with Crippen LogP contribution in [0.15, 0.2) is 0 Å². The zero-order chi connectivity index (χ0) is 7.56. The van der Waals surface area contributed by atoms with Crippen molar-refractivity contribution in [2.45, 2.75) is 12.5 Å². The lowest BCUT2D eigenvalue weighted by molar-refractivity contribution is 0.405. The van der Waals surface area contributed by atoms with Gasteiger partial charge in [0.15, 0.2) is 0 Å². The van der Waals surface area contributed by atoms with E-state index in [1.54, 1.807) is 0 Å². The van der Waals surface area contributed by atoms with Gasteiger partial charge in [-0.2, -0.15) is 0 Å². The fourth-order valence-electron chi connectivity index (χ4n) is 1.17. The molecule has 0 radical (unpaired) electrons. The van der Waals surface area contributed by atoms with Crippen LogP contribution in [0.5, 0.6) is 0 Å². The Kier molecular flexibility index (Phi) is 2.79. The molecule has 1 fully saturated rings. The molecule has 1 rings (SSSR count). The molecule has 0 saturated carbocycles. The van der Waals surface area contributed by atoms with E-state index in [1.807, 2.05) is 7.05 Å². The van der Waals surface area contributed by atoms with Crippen LogP contribution in [0.2, 0.25) is 0 Å². The fourth-order valence-corrected chi connectivity index (χ4v) is 1.63. The Morgan fingerprint density at radius 3 is 2.90 bits per heavy atom. The van der Waals surface area contributed by atoms with Crippen LogP contribution in [0, 0.1) is 0 Å². The first kappa shape index (κ1) is 8.13. The second kappa shape index (κ2) is 3.43. The summed E-state index contributed by atoms with van der Waals surface area (Å²) in [6.45, 7) is 1.81. The van der Waals surface area contributed by atoms with Crippen LogP contribution in [0.4, 0.5) is 0 Å². The van der Waals surface area contributed by atoms with Crippen molar-refractivity contribution in [2.75, 3.05) is 20.1 Å². The van der Waals surface area contributed by atoms with Gasteiger partial charge in [-0.15, -0.1) is 0 Å². The van der Waals surface area contributed by atoms with Crippen LogP contribution >= 0.6 is 0 Å². The normalized spacial score (nSPS) is 30.8. The Bertz CT molecular complexity index is 142. The minimum absolute atomic E-state index is 0.128. The SMILES string of the molecule is CN1CCC(NS(=O)[O-])C1. The molecule has 1 saturated heterocycles. The molecule has 1 aliphatic heterocycles. The highest BCUT2D eigenvalue weighted by molar-refractivity contribution is 7.77. The quantitative estimate of drug-likeness (QED) is 0.535. The number of rotatable bonds is 2. The molecule has 0 aromatic carbocycles. The minimum atomic E-state index is -2.10. The molecule has 0 aromatic heterocycles. The molecule has 10 heavy (non-hydrogen) atoms. The summed E-state index contributed by atoms with van der Waals surface area (Å²) in [5.41, 5.74) is 0. The molecule has 1 N–H and O–H groups in total. The van der Waals surface area contributed by atoms with Crippen molar-refractivity contribution in [3.63, 3.8) is 0 Å². The first-order chi connectivity index (χ1) is 4.68. The van der Waals surface area contributed by atoms with Gasteiger partial charge in [0.1, 0.15) is 0 Å². The largest absolute Gasteiger partial charge is 0.760 e. The fraction of sp³-hybridized carbons (Fsp3) is 1.00. The average molecular weight is 163 g/mol. The maximum absolute atomic E-state index is 10.1. The molecular formula is C5H11N2O2S-. The van der Waals surface area contributed by atoms with Gasteiger partial charge in [-0.3, -0.25) is 4.21 Å². The van der Waals surface area contributed by atoms with E-state index in [1.165, 1.54) is 0 Å². The van der Waals surface area contributed by atoms with E-state index in [0.29, 0.717) is 0 Å². The number of hydrogen-bond donors (Lipinski definition) is 1. The van der Waals surface area contributed by atoms with Gasteiger partial charge in [-0.25, -0.2) is 4.72 Å². The lowest BCUT2D eigenvalue weighted by Crippen LogP contribution is -2.32. The third-order valence-corrected chi connectivity index (χ3v) is 2.18. The number of likely N-dealkylation sites (tertiary alicyclic amines) is 1. The second-order valence-corrected chi connectivity index (χ2v) is 3.31. The molecule has 0 amide bonds. The summed E-state index contributed by atoms with van der Waals surface area (Å²) >= 11 is -2.10. The third-order valence-electron chi connectivity index (χ3n) is 1.65. The first-order valence-corrected chi connectivity index (χ1v) is 4.30. The molecule has 2 atom stereocenters. The summed E-state index contributed by atoms with van der Waals surface area (Å²) < 4.78 is 22.7. The predicted molar refractivity (Wildman–Crippen MR) is 38.0 cm³/mol. The number of nitrogens with zero attached hydrogens (tertiary/aromatic N) is 1. The van der Waals surface area contributed by atoms with Crippen molar-refractivity contribution in [3.8, 4) is 0 Å². The minimum Gasteiger partial charge on any atom is -0.760 e. The Labute approximate surface area is 63.0 Å². The second-order valence-electron chi connectivity index (χ2n) is 2.60. The maximum atomic E-state index is 10.1. The zero-order valence-corrected chi connectivity index (χ0v) is 6.69. The molecule has 0 aliphatic carbocycles. The molecule has 2 unspecified atom stereocenters.